The van der Waals surface area contributed by atoms with Crippen molar-refractivity contribution in [3.05, 3.63) is 17.6 Å². The number of anilines is 1. The lowest BCUT2D eigenvalue weighted by Gasteiger charge is -2.11. The lowest BCUT2D eigenvalue weighted by Crippen LogP contribution is -2.12. The summed E-state index contributed by atoms with van der Waals surface area (Å²) in [6.45, 7) is 0. The molecule has 0 amide bonds. The van der Waals surface area contributed by atoms with E-state index >= 15 is 0 Å². The van der Waals surface area contributed by atoms with Crippen molar-refractivity contribution in [3.63, 3.8) is 0 Å². The van der Waals surface area contributed by atoms with Crippen molar-refractivity contribution in [1.29, 1.82) is 0 Å². The van der Waals surface area contributed by atoms with Crippen LogP contribution in [0.25, 0.3) is 0 Å². The Balaban J connectivity index is 1.92. The highest BCUT2D eigenvalue weighted by atomic mass is 15.3. The van der Waals surface area contributed by atoms with E-state index in [9.17, 15) is 0 Å². The van der Waals surface area contributed by atoms with Gasteiger partial charge in [0.1, 0.15) is 11.6 Å². The van der Waals surface area contributed by atoms with Crippen LogP contribution in [0, 0.1) is 0 Å². The summed E-state index contributed by atoms with van der Waals surface area (Å²) in [7, 11) is 0. The van der Waals surface area contributed by atoms with Gasteiger partial charge in [-0.3, -0.25) is 0 Å². The molecule has 2 saturated carbocycles. The molecule has 86 valence electrons. The van der Waals surface area contributed by atoms with Crippen molar-refractivity contribution in [2.75, 3.05) is 5.43 Å². The second kappa shape index (κ2) is 4.01. The molecule has 2 fully saturated rings. The van der Waals surface area contributed by atoms with E-state index in [1.54, 1.807) is 0 Å². The van der Waals surface area contributed by atoms with E-state index in [0.29, 0.717) is 11.8 Å². The molecule has 1 aromatic heterocycles. The number of nitrogens with zero attached hydrogens (tertiary/aromatic N) is 2. The number of nitrogen functional groups attached to an aromatic ring is 1. The maximum absolute atomic E-state index is 5.47. The zero-order valence-electron chi connectivity index (χ0n) is 9.45. The highest BCUT2D eigenvalue weighted by molar-refractivity contribution is 5.37. The quantitative estimate of drug-likeness (QED) is 0.603. The van der Waals surface area contributed by atoms with Crippen molar-refractivity contribution < 1.29 is 0 Å². The molecule has 2 aliphatic carbocycles. The minimum atomic E-state index is 0.561. The highest BCUT2D eigenvalue weighted by Crippen LogP contribution is 2.41. The minimum Gasteiger partial charge on any atom is -0.308 e. The molecule has 2 aliphatic rings. The number of nitrogens with two attached hydrogens (primary N) is 1. The fraction of sp³-hybridized carbons (Fsp3) is 0.667. The van der Waals surface area contributed by atoms with Crippen LogP contribution in [0.4, 0.5) is 5.82 Å². The van der Waals surface area contributed by atoms with E-state index < -0.39 is 0 Å². The van der Waals surface area contributed by atoms with Gasteiger partial charge in [0.25, 0.3) is 0 Å². The van der Waals surface area contributed by atoms with Gasteiger partial charge in [-0.2, -0.15) is 0 Å². The fourth-order valence-corrected chi connectivity index (χ4v) is 2.51. The SMILES string of the molecule is NNc1cc(C2CC2)nc(C2CCCC2)n1. The van der Waals surface area contributed by atoms with Gasteiger partial charge >= 0.3 is 0 Å². The second-order valence-corrected chi connectivity index (χ2v) is 4.94. The van der Waals surface area contributed by atoms with E-state index in [1.807, 2.05) is 6.07 Å². The number of hydrogen-bond acceptors (Lipinski definition) is 4. The van der Waals surface area contributed by atoms with E-state index in [4.69, 9.17) is 10.8 Å². The summed E-state index contributed by atoms with van der Waals surface area (Å²) in [6.07, 6.45) is 7.63. The van der Waals surface area contributed by atoms with Gasteiger partial charge in [0.05, 0.1) is 0 Å². The summed E-state index contributed by atoms with van der Waals surface area (Å²) in [5.41, 5.74) is 3.85. The van der Waals surface area contributed by atoms with E-state index in [1.165, 1.54) is 44.2 Å². The molecule has 3 rings (SSSR count). The van der Waals surface area contributed by atoms with Crippen LogP contribution in [0.5, 0.6) is 0 Å². The fourth-order valence-electron chi connectivity index (χ4n) is 2.51. The van der Waals surface area contributed by atoms with Crippen molar-refractivity contribution in [1.82, 2.24) is 9.97 Å². The van der Waals surface area contributed by atoms with Gasteiger partial charge < -0.3 is 5.43 Å². The van der Waals surface area contributed by atoms with E-state index in [-0.39, 0.29) is 0 Å². The van der Waals surface area contributed by atoms with Crippen molar-refractivity contribution in [2.24, 2.45) is 5.84 Å². The predicted octanol–water partition coefficient (Wildman–Crippen LogP) is 2.30. The average Bonchev–Trinajstić information content (AvgIpc) is 3.04. The maximum Gasteiger partial charge on any atom is 0.143 e. The Morgan fingerprint density at radius 2 is 1.81 bits per heavy atom. The monoisotopic (exact) mass is 218 g/mol. The Labute approximate surface area is 95.6 Å². The van der Waals surface area contributed by atoms with Crippen LogP contribution in [0.15, 0.2) is 6.07 Å². The molecule has 16 heavy (non-hydrogen) atoms. The van der Waals surface area contributed by atoms with Crippen molar-refractivity contribution >= 4 is 5.82 Å². The normalized spacial score (nSPS) is 21.3. The molecule has 1 aromatic rings. The van der Waals surface area contributed by atoms with E-state index in [2.05, 4.69) is 10.4 Å². The Kier molecular flexibility index (Phi) is 2.52. The molecule has 4 nitrogen and oxygen atoms in total. The molecule has 1 heterocycles. The summed E-state index contributed by atoms with van der Waals surface area (Å²) >= 11 is 0. The van der Waals surface area contributed by atoms with Crippen LogP contribution in [0.3, 0.4) is 0 Å². The van der Waals surface area contributed by atoms with Crippen molar-refractivity contribution in [2.45, 2.75) is 50.4 Å². The van der Waals surface area contributed by atoms with Crippen LogP contribution in [-0.2, 0) is 0 Å². The average molecular weight is 218 g/mol. The first-order valence-electron chi connectivity index (χ1n) is 6.22. The number of rotatable bonds is 3. The molecular weight excluding hydrogens is 200 g/mol. The molecule has 3 N–H and O–H groups in total. The molecule has 0 radical (unpaired) electrons. The van der Waals surface area contributed by atoms with Crippen molar-refractivity contribution in [3.8, 4) is 0 Å². The number of hydrazine groups is 1. The van der Waals surface area contributed by atoms with Crippen LogP contribution in [-0.4, -0.2) is 9.97 Å². The molecule has 0 unspecified atom stereocenters. The second-order valence-electron chi connectivity index (χ2n) is 4.94. The smallest absolute Gasteiger partial charge is 0.143 e. The Morgan fingerprint density at radius 1 is 1.06 bits per heavy atom. The predicted molar refractivity (Wildman–Crippen MR) is 63.0 cm³/mol. The third-order valence-electron chi connectivity index (χ3n) is 3.63. The first-order chi connectivity index (χ1) is 7.86. The standard InChI is InChI=1S/C12H18N4/c13-16-11-7-10(8-5-6-8)14-12(15-11)9-3-1-2-4-9/h7-9H,1-6,13H2,(H,14,15,16). The Morgan fingerprint density at radius 3 is 2.44 bits per heavy atom. The topological polar surface area (TPSA) is 63.8 Å². The third kappa shape index (κ3) is 1.89. The Hall–Kier alpha value is -1.16. The van der Waals surface area contributed by atoms with Crippen LogP contribution in [0.2, 0.25) is 0 Å². The number of aromatic nitrogens is 2. The summed E-state index contributed by atoms with van der Waals surface area (Å²) in [6, 6.07) is 2.00. The minimum absolute atomic E-state index is 0.561. The highest BCUT2D eigenvalue weighted by Gasteiger charge is 2.28. The van der Waals surface area contributed by atoms with Gasteiger partial charge in [0.2, 0.25) is 0 Å². The zero-order chi connectivity index (χ0) is 11.0. The van der Waals surface area contributed by atoms with Crippen LogP contribution in [0.1, 0.15) is 61.9 Å². The molecule has 0 spiro atoms. The number of nitrogens with one attached hydrogen (secondary N) is 1. The molecule has 0 bridgehead atoms. The lowest BCUT2D eigenvalue weighted by atomic mass is 10.1. The van der Waals surface area contributed by atoms with Gasteiger partial charge in [0.15, 0.2) is 0 Å². The molecule has 0 saturated heterocycles. The summed E-state index contributed by atoms with van der Waals surface area (Å²) < 4.78 is 0. The van der Waals surface area contributed by atoms with Gasteiger partial charge in [-0.15, -0.1) is 0 Å². The maximum atomic E-state index is 5.47. The lowest BCUT2D eigenvalue weighted by molar-refractivity contribution is 0.661. The summed E-state index contributed by atoms with van der Waals surface area (Å²) in [5.74, 6) is 8.48. The first kappa shape index (κ1) is 10.0. The third-order valence-corrected chi connectivity index (χ3v) is 3.63. The summed E-state index contributed by atoms with van der Waals surface area (Å²) in [4.78, 5) is 9.22. The number of hydrogen-bond donors (Lipinski definition) is 2. The molecule has 0 aromatic carbocycles. The molecule has 0 atom stereocenters. The molecule has 0 aliphatic heterocycles. The molecule has 4 heteroatoms. The van der Waals surface area contributed by atoms with Gasteiger partial charge in [-0.1, -0.05) is 12.8 Å². The zero-order valence-corrected chi connectivity index (χ0v) is 9.45. The van der Waals surface area contributed by atoms with E-state index in [0.717, 1.165) is 11.6 Å². The summed E-state index contributed by atoms with van der Waals surface area (Å²) in [5, 5.41) is 0. The van der Waals surface area contributed by atoms with Crippen LogP contribution < -0.4 is 11.3 Å². The largest absolute Gasteiger partial charge is 0.308 e. The van der Waals surface area contributed by atoms with Gasteiger partial charge in [-0.25, -0.2) is 15.8 Å². The van der Waals surface area contributed by atoms with Gasteiger partial charge in [0, 0.05) is 23.6 Å². The Bertz CT molecular complexity index is 381. The first-order valence-corrected chi connectivity index (χ1v) is 6.22. The molecular formula is C12H18N4. The van der Waals surface area contributed by atoms with Crippen LogP contribution >= 0.6 is 0 Å². The van der Waals surface area contributed by atoms with Gasteiger partial charge in [-0.05, 0) is 25.7 Å².